The maximum Gasteiger partial charge on any atom is 0.146 e. The average Bonchev–Trinajstić information content (AvgIpc) is 2.56. The number of nitrogens with one attached hydrogen (secondary N) is 1. The van der Waals surface area contributed by atoms with Crippen molar-refractivity contribution >= 4 is 11.5 Å². The zero-order valence-corrected chi connectivity index (χ0v) is 12.9. The summed E-state index contributed by atoms with van der Waals surface area (Å²) in [5, 5.41) is 3.04. The molecule has 1 unspecified atom stereocenters. The number of anilines is 1. The Morgan fingerprint density at radius 2 is 1.87 bits per heavy atom. The van der Waals surface area contributed by atoms with E-state index in [1.165, 1.54) is 6.07 Å². The quantitative estimate of drug-likeness (QED) is 0.916. The highest BCUT2D eigenvalue weighted by atomic mass is 19.1. The Labute approximate surface area is 134 Å². The molecule has 1 atom stereocenters. The van der Waals surface area contributed by atoms with Crippen LogP contribution in [0, 0.1) is 5.82 Å². The molecule has 1 aliphatic carbocycles. The number of ketones is 1. The summed E-state index contributed by atoms with van der Waals surface area (Å²) in [6, 6.07) is 14.1. The van der Waals surface area contributed by atoms with Crippen molar-refractivity contribution in [3.63, 3.8) is 0 Å². The van der Waals surface area contributed by atoms with Gasteiger partial charge in [-0.2, -0.15) is 0 Å². The van der Waals surface area contributed by atoms with Crippen LogP contribution in [0.2, 0.25) is 0 Å². The second-order valence-electron chi connectivity index (χ2n) is 5.60. The maximum atomic E-state index is 13.8. The lowest BCUT2D eigenvalue weighted by atomic mass is 9.87. The summed E-state index contributed by atoms with van der Waals surface area (Å²) in [7, 11) is 1.62. The number of benzene rings is 2. The lowest BCUT2D eigenvalue weighted by Crippen LogP contribution is -2.17. The second-order valence-corrected chi connectivity index (χ2v) is 5.60. The van der Waals surface area contributed by atoms with Gasteiger partial charge in [-0.25, -0.2) is 4.39 Å². The minimum absolute atomic E-state index is 0.00331. The summed E-state index contributed by atoms with van der Waals surface area (Å²) in [5.41, 5.74) is 2.18. The second kappa shape index (κ2) is 6.65. The molecule has 0 saturated heterocycles. The molecule has 0 bridgehead atoms. The molecule has 0 fully saturated rings. The first-order chi connectivity index (χ1) is 11.2. The van der Waals surface area contributed by atoms with E-state index < -0.39 is 0 Å². The third-order valence-corrected chi connectivity index (χ3v) is 3.95. The highest BCUT2D eigenvalue weighted by molar-refractivity contribution is 5.84. The predicted octanol–water partition coefficient (Wildman–Crippen LogP) is 4.28. The molecule has 3 nitrogen and oxygen atoms in total. The van der Waals surface area contributed by atoms with Gasteiger partial charge in [0, 0.05) is 24.5 Å². The Balaban J connectivity index is 1.83. The molecule has 3 rings (SSSR count). The zero-order valence-electron chi connectivity index (χ0n) is 12.9. The van der Waals surface area contributed by atoms with Gasteiger partial charge in [0.1, 0.15) is 17.3 Å². The van der Waals surface area contributed by atoms with Crippen LogP contribution in [-0.4, -0.2) is 12.9 Å². The lowest BCUT2D eigenvalue weighted by molar-refractivity contribution is -0.118. The highest BCUT2D eigenvalue weighted by Gasteiger charge is 2.22. The van der Waals surface area contributed by atoms with Crippen molar-refractivity contribution in [1.29, 1.82) is 0 Å². The number of hydrogen-bond donors (Lipinski definition) is 1. The number of Topliss-reactive ketones (excluding diaryl/α,β-unsaturated/α-hetero) is 1. The summed E-state index contributed by atoms with van der Waals surface area (Å²) in [6.45, 7) is 0. The zero-order chi connectivity index (χ0) is 16.2. The van der Waals surface area contributed by atoms with Crippen molar-refractivity contribution in [1.82, 2.24) is 0 Å². The Morgan fingerprint density at radius 1 is 1.13 bits per heavy atom. The van der Waals surface area contributed by atoms with E-state index in [-0.39, 0.29) is 17.5 Å². The third-order valence-electron chi connectivity index (χ3n) is 3.95. The van der Waals surface area contributed by atoms with Crippen molar-refractivity contribution in [2.24, 2.45) is 0 Å². The van der Waals surface area contributed by atoms with Crippen LogP contribution in [0.4, 0.5) is 10.1 Å². The van der Waals surface area contributed by atoms with E-state index in [1.807, 2.05) is 30.3 Å². The van der Waals surface area contributed by atoms with E-state index in [2.05, 4.69) is 5.32 Å². The van der Waals surface area contributed by atoms with Gasteiger partial charge in [0.2, 0.25) is 0 Å². The third kappa shape index (κ3) is 3.59. The minimum Gasteiger partial charge on any atom is -0.497 e. The first-order valence-electron chi connectivity index (χ1n) is 7.53. The minimum atomic E-state index is -0.326. The Hall–Kier alpha value is -2.62. The fraction of sp³-hybridized carbons (Fsp3) is 0.211. The molecule has 0 spiro atoms. The number of hydrogen-bond acceptors (Lipinski definition) is 3. The summed E-state index contributed by atoms with van der Waals surface area (Å²) in [5.74, 6) is 0.598. The molecule has 1 aliphatic rings. The molecule has 0 aliphatic heterocycles. The van der Waals surface area contributed by atoms with E-state index >= 15 is 0 Å². The smallest absolute Gasteiger partial charge is 0.146 e. The Bertz CT molecular complexity index is 737. The van der Waals surface area contributed by atoms with Crippen LogP contribution in [0.5, 0.6) is 5.75 Å². The van der Waals surface area contributed by atoms with Crippen molar-refractivity contribution in [3.8, 4) is 5.75 Å². The molecule has 118 valence electrons. The predicted molar refractivity (Wildman–Crippen MR) is 88.1 cm³/mol. The monoisotopic (exact) mass is 311 g/mol. The molecule has 23 heavy (non-hydrogen) atoms. The standard InChI is InChI=1S/C19H18FNO2/c1-23-17-8-6-13(7-9-17)14-10-15(12-16(22)11-14)21-19-5-3-2-4-18(19)20/h2-10,14,21H,11-12H2,1H3. The van der Waals surface area contributed by atoms with E-state index in [1.54, 1.807) is 25.3 Å². The van der Waals surface area contributed by atoms with Crippen LogP contribution in [0.1, 0.15) is 24.3 Å². The Kier molecular flexibility index (Phi) is 4.42. The molecular formula is C19H18FNO2. The first-order valence-corrected chi connectivity index (χ1v) is 7.53. The van der Waals surface area contributed by atoms with Gasteiger partial charge in [-0.1, -0.05) is 30.3 Å². The van der Waals surface area contributed by atoms with Crippen LogP contribution in [-0.2, 0) is 4.79 Å². The fourth-order valence-electron chi connectivity index (χ4n) is 2.78. The van der Waals surface area contributed by atoms with E-state index in [4.69, 9.17) is 4.74 Å². The SMILES string of the molecule is COc1ccc(C2C=C(Nc3ccccc3F)CC(=O)C2)cc1. The molecule has 0 heterocycles. The number of methoxy groups -OCH3 is 1. The van der Waals surface area contributed by atoms with Crippen LogP contribution in [0.3, 0.4) is 0 Å². The average molecular weight is 311 g/mol. The number of allylic oxidation sites excluding steroid dienone is 2. The van der Waals surface area contributed by atoms with Crippen molar-refractivity contribution in [3.05, 3.63) is 71.7 Å². The molecular weight excluding hydrogens is 293 g/mol. The van der Waals surface area contributed by atoms with Gasteiger partial charge >= 0.3 is 0 Å². The molecule has 1 N–H and O–H groups in total. The maximum absolute atomic E-state index is 13.8. The molecule has 0 amide bonds. The number of halogens is 1. The van der Waals surface area contributed by atoms with Gasteiger partial charge in [-0.05, 0) is 29.8 Å². The van der Waals surface area contributed by atoms with Gasteiger partial charge in [-0.15, -0.1) is 0 Å². The van der Waals surface area contributed by atoms with Crippen molar-refractivity contribution in [2.75, 3.05) is 12.4 Å². The lowest BCUT2D eigenvalue weighted by Gasteiger charge is -2.22. The van der Waals surface area contributed by atoms with Crippen molar-refractivity contribution < 1.29 is 13.9 Å². The normalized spacial score (nSPS) is 17.6. The van der Waals surface area contributed by atoms with Gasteiger partial charge in [0.25, 0.3) is 0 Å². The van der Waals surface area contributed by atoms with Gasteiger partial charge < -0.3 is 10.1 Å². The first kappa shape index (κ1) is 15.3. The summed E-state index contributed by atoms with van der Waals surface area (Å²) >= 11 is 0. The molecule has 4 heteroatoms. The van der Waals surface area contributed by atoms with Gasteiger partial charge in [0.05, 0.1) is 12.8 Å². The van der Waals surface area contributed by atoms with Crippen LogP contribution in [0.25, 0.3) is 0 Å². The highest BCUT2D eigenvalue weighted by Crippen LogP contribution is 2.31. The molecule has 0 radical (unpaired) electrons. The van der Waals surface area contributed by atoms with E-state index in [9.17, 15) is 9.18 Å². The Morgan fingerprint density at radius 3 is 2.57 bits per heavy atom. The van der Waals surface area contributed by atoms with E-state index in [0.29, 0.717) is 18.5 Å². The number of rotatable bonds is 4. The number of carbonyl (C=O) groups is 1. The van der Waals surface area contributed by atoms with Gasteiger partial charge in [0.15, 0.2) is 0 Å². The fourth-order valence-corrected chi connectivity index (χ4v) is 2.78. The number of para-hydroxylation sites is 1. The van der Waals surface area contributed by atoms with Crippen molar-refractivity contribution in [2.45, 2.75) is 18.8 Å². The summed E-state index contributed by atoms with van der Waals surface area (Å²) in [6.07, 6.45) is 2.78. The summed E-state index contributed by atoms with van der Waals surface area (Å²) in [4.78, 5) is 12.1. The van der Waals surface area contributed by atoms with Crippen LogP contribution >= 0.6 is 0 Å². The topological polar surface area (TPSA) is 38.3 Å². The number of ether oxygens (including phenoxy) is 1. The molecule has 2 aromatic rings. The van der Waals surface area contributed by atoms with Crippen LogP contribution < -0.4 is 10.1 Å². The van der Waals surface area contributed by atoms with Crippen LogP contribution in [0.15, 0.2) is 60.3 Å². The summed E-state index contributed by atoms with van der Waals surface area (Å²) < 4.78 is 18.9. The molecule has 0 aromatic heterocycles. The van der Waals surface area contributed by atoms with Gasteiger partial charge in [-0.3, -0.25) is 4.79 Å². The van der Waals surface area contributed by atoms with E-state index in [0.717, 1.165) is 17.0 Å². The number of carbonyl (C=O) groups excluding carboxylic acids is 1. The largest absolute Gasteiger partial charge is 0.497 e. The molecule has 2 aromatic carbocycles. The molecule has 0 saturated carbocycles.